The lowest BCUT2D eigenvalue weighted by Gasteiger charge is -2.47. The van der Waals surface area contributed by atoms with Gasteiger partial charge in [0.2, 0.25) is 5.91 Å². The molecule has 2 saturated heterocycles. The highest BCUT2D eigenvalue weighted by molar-refractivity contribution is 6.30. The van der Waals surface area contributed by atoms with Gasteiger partial charge in [0.1, 0.15) is 0 Å². The monoisotopic (exact) mass is 481 g/mol. The number of aryl methyl sites for hydroxylation is 1. The van der Waals surface area contributed by atoms with Gasteiger partial charge in [-0.1, -0.05) is 62.2 Å². The van der Waals surface area contributed by atoms with Crippen LogP contribution in [0.1, 0.15) is 62.4 Å². The van der Waals surface area contributed by atoms with Crippen molar-refractivity contribution in [2.45, 2.75) is 70.6 Å². The van der Waals surface area contributed by atoms with E-state index < -0.39 is 5.66 Å². The van der Waals surface area contributed by atoms with E-state index in [1.54, 1.807) is 24.3 Å². The van der Waals surface area contributed by atoms with Crippen LogP contribution in [0.5, 0.6) is 0 Å². The van der Waals surface area contributed by atoms with Crippen LogP contribution < -0.4 is 5.32 Å². The maximum Gasteiger partial charge on any atom is 0.253 e. The molecule has 0 unspecified atom stereocenters. The zero-order chi connectivity index (χ0) is 24.3. The quantitative estimate of drug-likeness (QED) is 0.595. The van der Waals surface area contributed by atoms with Crippen LogP contribution in [0.15, 0.2) is 54.6 Å². The highest BCUT2D eigenvalue weighted by Gasteiger charge is 2.54. The van der Waals surface area contributed by atoms with Gasteiger partial charge in [-0.15, -0.1) is 0 Å². The van der Waals surface area contributed by atoms with E-state index in [0.717, 1.165) is 32.1 Å². The Morgan fingerprint density at radius 2 is 1.74 bits per heavy atom. The van der Waals surface area contributed by atoms with Crippen molar-refractivity contribution in [1.29, 1.82) is 0 Å². The smallest absolute Gasteiger partial charge is 0.253 e. The molecular formula is C28H36ClN3O2. The molecule has 182 valence electrons. The number of nitrogens with one attached hydrogen (secondary N) is 1. The predicted molar refractivity (Wildman–Crippen MR) is 137 cm³/mol. The van der Waals surface area contributed by atoms with Crippen LogP contribution >= 0.6 is 11.6 Å². The maximum absolute atomic E-state index is 13.7. The molecule has 34 heavy (non-hydrogen) atoms. The van der Waals surface area contributed by atoms with Gasteiger partial charge in [-0.25, -0.2) is 0 Å². The molecule has 3 atom stereocenters. The number of hydrogen-bond donors (Lipinski definition) is 1. The number of carbonyl (C=O) groups excluding carboxylic acids is 2. The Kier molecular flexibility index (Phi) is 7.63. The third-order valence-electron chi connectivity index (χ3n) is 7.71. The second-order valence-corrected chi connectivity index (χ2v) is 10.4. The maximum atomic E-state index is 13.7. The Balaban J connectivity index is 1.49. The van der Waals surface area contributed by atoms with Crippen LogP contribution in [-0.2, 0) is 11.2 Å². The fraction of sp³-hybridized carbons (Fsp3) is 0.500. The molecular weight excluding hydrogens is 446 g/mol. The SMILES string of the molecule is CC[C@H](C)[C@H]1NC2(CCN(C(=O)c3ccc(Cl)cc3)CC2)N([C@H](C)CCc2ccccc2)C1=O. The number of nitrogens with zero attached hydrogens (tertiary/aromatic N) is 2. The Morgan fingerprint density at radius 1 is 1.09 bits per heavy atom. The van der Waals surface area contributed by atoms with Crippen molar-refractivity contribution in [3.05, 3.63) is 70.7 Å². The minimum atomic E-state index is -0.391. The molecule has 0 aliphatic carbocycles. The third kappa shape index (κ3) is 5.01. The highest BCUT2D eigenvalue weighted by atomic mass is 35.5. The van der Waals surface area contributed by atoms with E-state index in [4.69, 9.17) is 11.6 Å². The molecule has 2 heterocycles. The van der Waals surface area contributed by atoms with Gasteiger partial charge in [-0.3, -0.25) is 14.9 Å². The van der Waals surface area contributed by atoms with Crippen molar-refractivity contribution >= 4 is 23.4 Å². The normalized spacial score (nSPS) is 21.6. The fourth-order valence-electron chi connectivity index (χ4n) is 5.43. The first-order valence-corrected chi connectivity index (χ1v) is 12.9. The summed E-state index contributed by atoms with van der Waals surface area (Å²) in [5.74, 6) is 0.509. The van der Waals surface area contributed by atoms with Gasteiger partial charge in [-0.05, 0) is 55.5 Å². The van der Waals surface area contributed by atoms with Gasteiger partial charge in [0.25, 0.3) is 5.91 Å². The molecule has 2 fully saturated rings. The predicted octanol–water partition coefficient (Wildman–Crippen LogP) is 5.14. The van der Waals surface area contributed by atoms with Crippen LogP contribution in [0.4, 0.5) is 0 Å². The number of hydrogen-bond acceptors (Lipinski definition) is 3. The zero-order valence-electron chi connectivity index (χ0n) is 20.5. The Labute approximate surface area is 208 Å². The summed E-state index contributed by atoms with van der Waals surface area (Å²) in [7, 11) is 0. The van der Waals surface area contributed by atoms with Crippen molar-refractivity contribution in [1.82, 2.24) is 15.1 Å². The number of carbonyl (C=O) groups is 2. The summed E-state index contributed by atoms with van der Waals surface area (Å²) >= 11 is 5.99. The first-order valence-electron chi connectivity index (χ1n) is 12.5. The molecule has 4 rings (SSSR count). The molecule has 6 heteroatoms. The van der Waals surface area contributed by atoms with Crippen LogP contribution in [0.3, 0.4) is 0 Å². The Morgan fingerprint density at radius 3 is 2.35 bits per heavy atom. The van der Waals surface area contributed by atoms with E-state index in [2.05, 4.69) is 55.3 Å². The molecule has 0 saturated carbocycles. The van der Waals surface area contributed by atoms with Crippen molar-refractivity contribution < 1.29 is 9.59 Å². The summed E-state index contributed by atoms with van der Waals surface area (Å²) in [6.45, 7) is 7.71. The summed E-state index contributed by atoms with van der Waals surface area (Å²) in [5, 5.41) is 4.39. The summed E-state index contributed by atoms with van der Waals surface area (Å²) < 4.78 is 0. The van der Waals surface area contributed by atoms with Crippen molar-refractivity contribution in [3.8, 4) is 0 Å². The molecule has 0 aromatic heterocycles. The number of halogens is 1. The van der Waals surface area contributed by atoms with Crippen molar-refractivity contribution in [2.24, 2.45) is 5.92 Å². The second-order valence-electron chi connectivity index (χ2n) is 9.92. The van der Waals surface area contributed by atoms with E-state index in [0.29, 0.717) is 23.7 Å². The third-order valence-corrected chi connectivity index (χ3v) is 7.96. The largest absolute Gasteiger partial charge is 0.338 e. The molecule has 1 N–H and O–H groups in total. The molecule has 0 bridgehead atoms. The standard InChI is InChI=1S/C28H36ClN3O2/c1-4-20(2)25-27(34)32(21(3)10-11-22-8-6-5-7-9-22)28(30-25)16-18-31(19-17-28)26(33)23-12-14-24(29)15-13-23/h5-9,12-15,20-21,25,30H,4,10-11,16-19H2,1-3H3/t20-,21+,25+/m0/s1. The van der Waals surface area contributed by atoms with Crippen LogP contribution in [-0.4, -0.2) is 52.5 Å². The lowest BCUT2D eigenvalue weighted by atomic mass is 9.93. The van der Waals surface area contributed by atoms with Crippen molar-refractivity contribution in [3.63, 3.8) is 0 Å². The first kappa shape index (κ1) is 24.7. The zero-order valence-corrected chi connectivity index (χ0v) is 21.2. The number of amides is 2. The molecule has 5 nitrogen and oxygen atoms in total. The van der Waals surface area contributed by atoms with E-state index >= 15 is 0 Å². The molecule has 2 amide bonds. The van der Waals surface area contributed by atoms with E-state index in [9.17, 15) is 9.59 Å². The van der Waals surface area contributed by atoms with Crippen LogP contribution in [0, 0.1) is 5.92 Å². The molecule has 2 aliphatic heterocycles. The molecule has 0 radical (unpaired) electrons. The Bertz CT molecular complexity index is 986. The van der Waals surface area contributed by atoms with Gasteiger partial charge < -0.3 is 9.80 Å². The second kappa shape index (κ2) is 10.5. The average Bonchev–Trinajstić information content (AvgIpc) is 3.14. The number of rotatable bonds is 7. The Hall–Kier alpha value is -2.37. The lowest BCUT2D eigenvalue weighted by Crippen LogP contribution is -2.61. The van der Waals surface area contributed by atoms with Crippen LogP contribution in [0.2, 0.25) is 5.02 Å². The van der Waals surface area contributed by atoms with Gasteiger partial charge in [0.05, 0.1) is 11.7 Å². The topological polar surface area (TPSA) is 52.7 Å². The number of likely N-dealkylation sites (tertiary alicyclic amines) is 1. The summed E-state index contributed by atoms with van der Waals surface area (Å²) in [4.78, 5) is 30.8. The molecule has 2 aromatic carbocycles. The van der Waals surface area contributed by atoms with Gasteiger partial charge in [0.15, 0.2) is 0 Å². The summed E-state index contributed by atoms with van der Waals surface area (Å²) in [5.41, 5.74) is 1.56. The number of piperidine rings is 1. The van der Waals surface area contributed by atoms with Gasteiger partial charge in [0, 0.05) is 42.6 Å². The van der Waals surface area contributed by atoms with E-state index in [-0.39, 0.29) is 29.8 Å². The minimum Gasteiger partial charge on any atom is -0.338 e. The van der Waals surface area contributed by atoms with Crippen LogP contribution in [0.25, 0.3) is 0 Å². The molecule has 2 aliphatic rings. The number of benzene rings is 2. The summed E-state index contributed by atoms with van der Waals surface area (Å²) in [6.07, 6.45) is 4.28. The van der Waals surface area contributed by atoms with E-state index in [1.807, 2.05) is 11.0 Å². The molecule has 2 aromatic rings. The molecule has 1 spiro atoms. The first-order chi connectivity index (χ1) is 16.3. The van der Waals surface area contributed by atoms with E-state index in [1.165, 1.54) is 5.56 Å². The average molecular weight is 482 g/mol. The van der Waals surface area contributed by atoms with Gasteiger partial charge >= 0.3 is 0 Å². The van der Waals surface area contributed by atoms with Crippen molar-refractivity contribution in [2.75, 3.05) is 13.1 Å². The highest BCUT2D eigenvalue weighted by Crippen LogP contribution is 2.37. The summed E-state index contributed by atoms with van der Waals surface area (Å²) in [6, 6.07) is 17.5. The minimum absolute atomic E-state index is 0.0259. The lowest BCUT2D eigenvalue weighted by molar-refractivity contribution is -0.136. The van der Waals surface area contributed by atoms with Gasteiger partial charge in [-0.2, -0.15) is 0 Å². The fourth-order valence-corrected chi connectivity index (χ4v) is 5.56.